The van der Waals surface area contributed by atoms with Gasteiger partial charge in [0.05, 0.1) is 16.4 Å². The minimum atomic E-state index is 0.0150. The second-order valence-corrected chi connectivity index (χ2v) is 9.09. The Labute approximate surface area is 172 Å². The van der Waals surface area contributed by atoms with Crippen molar-refractivity contribution >= 4 is 39.5 Å². The zero-order chi connectivity index (χ0) is 19.3. The number of hydrogen-bond donors (Lipinski definition) is 1. The molecule has 28 heavy (non-hydrogen) atoms. The molecule has 1 aliphatic rings. The summed E-state index contributed by atoms with van der Waals surface area (Å²) >= 11 is 3.02. The molecule has 1 fully saturated rings. The zero-order valence-corrected chi connectivity index (χ0v) is 17.1. The third-order valence-electron chi connectivity index (χ3n) is 4.74. The van der Waals surface area contributed by atoms with Gasteiger partial charge in [0.2, 0.25) is 5.91 Å². The average Bonchev–Trinajstić information content (AvgIpc) is 3.25. The van der Waals surface area contributed by atoms with Gasteiger partial charge in [-0.25, -0.2) is 0 Å². The largest absolute Gasteiger partial charge is 0.332 e. The summed E-state index contributed by atoms with van der Waals surface area (Å²) in [6.07, 6.45) is 2.75. The van der Waals surface area contributed by atoms with Crippen LogP contribution in [0.3, 0.4) is 0 Å². The summed E-state index contributed by atoms with van der Waals surface area (Å²) in [5.41, 5.74) is 1.22. The van der Waals surface area contributed by atoms with Crippen LogP contribution < -0.4 is 5.32 Å². The van der Waals surface area contributed by atoms with Gasteiger partial charge in [-0.2, -0.15) is 0 Å². The fraction of sp³-hybridized carbons (Fsp3) is 0.273. The van der Waals surface area contributed by atoms with Gasteiger partial charge in [-0.05, 0) is 48.4 Å². The molecular weight excluding hydrogens is 388 g/mol. The molecule has 1 saturated carbocycles. The topological polar surface area (TPSA) is 49.4 Å². The predicted molar refractivity (Wildman–Crippen MR) is 115 cm³/mol. The van der Waals surface area contributed by atoms with Crippen molar-refractivity contribution in [3.63, 3.8) is 0 Å². The molecule has 0 bridgehead atoms. The fourth-order valence-corrected chi connectivity index (χ4v) is 4.59. The lowest BCUT2D eigenvalue weighted by molar-refractivity contribution is -0.117. The molecule has 0 saturated heterocycles. The summed E-state index contributed by atoms with van der Waals surface area (Å²) < 4.78 is 0. The van der Waals surface area contributed by atoms with Gasteiger partial charge in [-0.3, -0.25) is 9.59 Å². The SMILES string of the molecule is O=C(Nc1ccc(C(=O)N(CCc2ccccc2)Cc2cccs2)s1)C1CC1. The van der Waals surface area contributed by atoms with Gasteiger partial charge in [0, 0.05) is 17.3 Å². The minimum absolute atomic E-state index is 0.0150. The highest BCUT2D eigenvalue weighted by Gasteiger charge is 2.30. The molecule has 3 aromatic rings. The maximum atomic E-state index is 13.2. The van der Waals surface area contributed by atoms with E-state index in [4.69, 9.17) is 0 Å². The summed E-state index contributed by atoms with van der Waals surface area (Å²) in [5.74, 6) is 0.240. The van der Waals surface area contributed by atoms with E-state index in [9.17, 15) is 9.59 Å². The lowest BCUT2D eigenvalue weighted by atomic mass is 10.1. The molecule has 2 aromatic heterocycles. The van der Waals surface area contributed by atoms with Crippen molar-refractivity contribution in [3.8, 4) is 0 Å². The van der Waals surface area contributed by atoms with Crippen molar-refractivity contribution in [2.75, 3.05) is 11.9 Å². The summed E-state index contributed by atoms with van der Waals surface area (Å²) in [4.78, 5) is 28.9. The average molecular weight is 411 g/mol. The highest BCUT2D eigenvalue weighted by molar-refractivity contribution is 7.18. The number of amides is 2. The van der Waals surface area contributed by atoms with Crippen LogP contribution in [0.15, 0.2) is 60.0 Å². The standard InChI is InChI=1S/C22H22N2O2S2/c25-21(17-8-9-17)23-20-11-10-19(28-20)22(26)24(15-18-7-4-14-27-18)13-12-16-5-2-1-3-6-16/h1-7,10-11,14,17H,8-9,12-13,15H2,(H,23,25). The number of carbonyl (C=O) groups is 2. The van der Waals surface area contributed by atoms with Crippen LogP contribution in [-0.4, -0.2) is 23.3 Å². The lowest BCUT2D eigenvalue weighted by Gasteiger charge is -2.21. The predicted octanol–water partition coefficient (Wildman–Crippen LogP) is 5.04. The first kappa shape index (κ1) is 18.9. The Hall–Kier alpha value is -2.44. The van der Waals surface area contributed by atoms with Gasteiger partial charge < -0.3 is 10.2 Å². The number of nitrogens with one attached hydrogen (secondary N) is 1. The van der Waals surface area contributed by atoms with Crippen LogP contribution >= 0.6 is 22.7 Å². The molecule has 1 N–H and O–H groups in total. The number of thiophene rings is 2. The van der Waals surface area contributed by atoms with Crippen molar-refractivity contribution < 1.29 is 9.59 Å². The van der Waals surface area contributed by atoms with Crippen LogP contribution in [0.1, 0.15) is 33.0 Å². The van der Waals surface area contributed by atoms with Crippen LogP contribution in [0.5, 0.6) is 0 Å². The van der Waals surface area contributed by atoms with Gasteiger partial charge in [0.25, 0.3) is 5.91 Å². The van der Waals surface area contributed by atoms with Crippen LogP contribution in [0.2, 0.25) is 0 Å². The van der Waals surface area contributed by atoms with E-state index in [0.29, 0.717) is 18.0 Å². The Morgan fingerprint density at radius 2 is 1.86 bits per heavy atom. The first-order chi connectivity index (χ1) is 13.7. The number of anilines is 1. The number of hydrogen-bond acceptors (Lipinski definition) is 4. The van der Waals surface area contributed by atoms with Crippen molar-refractivity contribution in [1.82, 2.24) is 4.90 Å². The third kappa shape index (κ3) is 4.88. The molecule has 2 heterocycles. The van der Waals surface area contributed by atoms with Crippen LogP contribution in [-0.2, 0) is 17.8 Å². The van der Waals surface area contributed by atoms with Crippen molar-refractivity contribution in [2.24, 2.45) is 5.92 Å². The van der Waals surface area contributed by atoms with E-state index in [-0.39, 0.29) is 17.7 Å². The molecule has 0 aliphatic heterocycles. The number of nitrogens with zero attached hydrogens (tertiary/aromatic N) is 1. The summed E-state index contributed by atoms with van der Waals surface area (Å²) in [5, 5.41) is 5.72. The number of carbonyl (C=O) groups excluding carboxylic acids is 2. The van der Waals surface area contributed by atoms with Crippen molar-refractivity contribution in [3.05, 3.63) is 75.3 Å². The summed E-state index contributed by atoms with van der Waals surface area (Å²) in [7, 11) is 0. The van der Waals surface area contributed by atoms with E-state index in [1.807, 2.05) is 46.7 Å². The van der Waals surface area contributed by atoms with Gasteiger partial charge >= 0.3 is 0 Å². The highest BCUT2D eigenvalue weighted by atomic mass is 32.1. The van der Waals surface area contributed by atoms with E-state index in [2.05, 4.69) is 23.5 Å². The zero-order valence-electron chi connectivity index (χ0n) is 15.5. The van der Waals surface area contributed by atoms with Gasteiger partial charge in [-0.1, -0.05) is 36.4 Å². The third-order valence-corrected chi connectivity index (χ3v) is 6.59. The molecule has 0 unspecified atom stereocenters. The van der Waals surface area contributed by atoms with E-state index in [1.165, 1.54) is 21.8 Å². The smallest absolute Gasteiger partial charge is 0.264 e. The molecule has 4 nitrogen and oxygen atoms in total. The Kier molecular flexibility index (Phi) is 5.88. The maximum Gasteiger partial charge on any atom is 0.264 e. The molecule has 0 radical (unpaired) electrons. The highest BCUT2D eigenvalue weighted by Crippen LogP contribution is 2.32. The maximum absolute atomic E-state index is 13.2. The Morgan fingerprint density at radius 3 is 2.57 bits per heavy atom. The van der Waals surface area contributed by atoms with Gasteiger partial charge in [0.1, 0.15) is 0 Å². The minimum Gasteiger partial charge on any atom is -0.332 e. The first-order valence-corrected chi connectivity index (χ1v) is 11.1. The molecular formula is C22H22N2O2S2. The quantitative estimate of drug-likeness (QED) is 0.565. The van der Waals surface area contributed by atoms with E-state index in [0.717, 1.165) is 24.3 Å². The molecule has 2 amide bonds. The Balaban J connectivity index is 1.45. The Morgan fingerprint density at radius 1 is 1.04 bits per heavy atom. The molecule has 4 rings (SSSR count). The number of rotatable bonds is 8. The number of benzene rings is 1. The van der Waals surface area contributed by atoms with Gasteiger partial charge in [0.15, 0.2) is 0 Å². The normalized spacial score (nSPS) is 13.3. The van der Waals surface area contributed by atoms with Crippen LogP contribution in [0, 0.1) is 5.92 Å². The molecule has 0 spiro atoms. The summed E-state index contributed by atoms with van der Waals surface area (Å²) in [6, 6.07) is 17.9. The summed E-state index contributed by atoms with van der Waals surface area (Å²) in [6.45, 7) is 1.26. The van der Waals surface area contributed by atoms with Crippen LogP contribution in [0.4, 0.5) is 5.00 Å². The van der Waals surface area contributed by atoms with Crippen molar-refractivity contribution in [2.45, 2.75) is 25.8 Å². The molecule has 0 atom stereocenters. The van der Waals surface area contributed by atoms with Crippen LogP contribution in [0.25, 0.3) is 0 Å². The molecule has 6 heteroatoms. The first-order valence-electron chi connectivity index (χ1n) is 9.45. The Bertz CT molecular complexity index is 931. The second-order valence-electron chi connectivity index (χ2n) is 6.97. The molecule has 1 aromatic carbocycles. The van der Waals surface area contributed by atoms with Crippen molar-refractivity contribution in [1.29, 1.82) is 0 Å². The monoisotopic (exact) mass is 410 g/mol. The molecule has 1 aliphatic carbocycles. The van der Waals surface area contributed by atoms with E-state index < -0.39 is 0 Å². The molecule has 144 valence electrons. The van der Waals surface area contributed by atoms with E-state index in [1.54, 1.807) is 11.3 Å². The second kappa shape index (κ2) is 8.71. The fourth-order valence-electron chi connectivity index (χ4n) is 3.00. The lowest BCUT2D eigenvalue weighted by Crippen LogP contribution is -2.31. The van der Waals surface area contributed by atoms with Gasteiger partial charge in [-0.15, -0.1) is 22.7 Å². The van der Waals surface area contributed by atoms with E-state index >= 15 is 0 Å².